The number of benzene rings is 1. The first-order valence-corrected chi connectivity index (χ1v) is 16.4. The van der Waals surface area contributed by atoms with E-state index in [0.717, 1.165) is 34.1 Å². The van der Waals surface area contributed by atoms with Gasteiger partial charge in [0.05, 0.1) is 32.3 Å². The molecule has 4 aromatic rings. The number of hydrogen-bond acceptors (Lipinski definition) is 9. The summed E-state index contributed by atoms with van der Waals surface area (Å²) >= 11 is 1.42. The maximum absolute atomic E-state index is 14.1. The number of allylic oxidation sites excluding steroid dienone is 2. The van der Waals surface area contributed by atoms with Crippen LogP contribution in [0.15, 0.2) is 71.8 Å². The Morgan fingerprint density at radius 1 is 1.07 bits per heavy atom. The summed E-state index contributed by atoms with van der Waals surface area (Å²) in [5, 5.41) is 6.70. The Labute approximate surface area is 263 Å². The van der Waals surface area contributed by atoms with Crippen LogP contribution in [0, 0.1) is 31.4 Å². The van der Waals surface area contributed by atoms with Gasteiger partial charge < -0.3 is 10.6 Å². The highest BCUT2D eigenvalue weighted by atomic mass is 32.2. The monoisotopic (exact) mass is 660 g/mol. The van der Waals surface area contributed by atoms with Crippen LogP contribution in [0.25, 0.3) is 20.8 Å². The third-order valence-electron chi connectivity index (χ3n) is 7.08. The van der Waals surface area contributed by atoms with E-state index < -0.39 is 38.0 Å². The molecule has 45 heavy (non-hydrogen) atoms. The summed E-state index contributed by atoms with van der Waals surface area (Å²) in [6, 6.07) is 4.09. The molecule has 2 N–H and O–H groups in total. The lowest BCUT2D eigenvalue weighted by Crippen LogP contribution is -2.20. The Morgan fingerprint density at radius 2 is 1.78 bits per heavy atom. The van der Waals surface area contributed by atoms with Crippen LogP contribution in [0.4, 0.5) is 29.3 Å². The van der Waals surface area contributed by atoms with Gasteiger partial charge in [-0.05, 0) is 50.5 Å². The zero-order chi connectivity index (χ0) is 32.9. The topological polar surface area (TPSA) is 110 Å². The fourth-order valence-electron chi connectivity index (χ4n) is 4.64. The van der Waals surface area contributed by atoms with Crippen LogP contribution in [0.2, 0.25) is 0 Å². The van der Waals surface area contributed by atoms with Gasteiger partial charge in [-0.3, -0.25) is 4.98 Å². The molecule has 3 aromatic heterocycles. The Morgan fingerprint density at radius 3 is 2.40 bits per heavy atom. The van der Waals surface area contributed by atoms with E-state index in [4.69, 9.17) is 4.98 Å². The smallest absolute Gasteiger partial charge is 0.225 e. The van der Waals surface area contributed by atoms with Gasteiger partial charge >= 0.3 is 0 Å². The van der Waals surface area contributed by atoms with Gasteiger partial charge in [0.15, 0.2) is 9.84 Å². The molecular formula is C31H32F4N6O2S2. The zero-order valence-corrected chi connectivity index (χ0v) is 26.6. The van der Waals surface area contributed by atoms with Crippen LogP contribution in [-0.4, -0.2) is 47.2 Å². The summed E-state index contributed by atoms with van der Waals surface area (Å²) in [6.45, 7) is 11.9. The molecule has 238 valence electrons. The molecule has 0 amide bonds. The Kier molecular flexibility index (Phi) is 10.7. The standard InChI is InChI=1S/C31H32F4N6O2S2/c1-6-20(16-45(42,43)23-13-21(33)12-22(34)14-23)8-10-37-29-27(30-40-28-19(5)36-11-9-26(28)44-30)18(4)39-31(41-29)38-15-24(17(3)32)25(35)7-2/h7,9,11-14,20H,2-3,6,8,10,15-16H2,1,4-5H3,(H2,37,38,39,41)/b25-24+. The van der Waals surface area contributed by atoms with E-state index in [2.05, 4.69) is 38.7 Å². The number of nitrogens with one attached hydrogen (secondary N) is 2. The summed E-state index contributed by atoms with van der Waals surface area (Å²) < 4.78 is 82.3. The number of thiazole rings is 1. The molecule has 4 rings (SSSR count). The van der Waals surface area contributed by atoms with Crippen LogP contribution in [-0.2, 0) is 9.84 Å². The number of fused-ring (bicyclic) bond motifs is 1. The number of halogens is 4. The first-order valence-electron chi connectivity index (χ1n) is 14.0. The van der Waals surface area contributed by atoms with Crippen LogP contribution in [0.3, 0.4) is 0 Å². The molecule has 1 unspecified atom stereocenters. The summed E-state index contributed by atoms with van der Waals surface area (Å²) in [5.74, 6) is -3.98. The minimum absolute atomic E-state index is 0.0797. The Balaban J connectivity index is 1.62. The lowest BCUT2D eigenvalue weighted by Gasteiger charge is -2.18. The van der Waals surface area contributed by atoms with Gasteiger partial charge in [-0.2, -0.15) is 4.98 Å². The molecule has 3 heterocycles. The predicted molar refractivity (Wildman–Crippen MR) is 170 cm³/mol. The molecule has 1 aromatic carbocycles. The zero-order valence-electron chi connectivity index (χ0n) is 24.9. The largest absolute Gasteiger partial charge is 0.369 e. The minimum atomic E-state index is -3.96. The number of aryl methyl sites for hydroxylation is 2. The first kappa shape index (κ1) is 33.7. The van der Waals surface area contributed by atoms with Gasteiger partial charge in [0.25, 0.3) is 0 Å². The maximum atomic E-state index is 14.1. The second-order valence-electron chi connectivity index (χ2n) is 10.3. The average molecular weight is 661 g/mol. The molecule has 8 nitrogen and oxygen atoms in total. The molecule has 0 saturated heterocycles. The van der Waals surface area contributed by atoms with Crippen molar-refractivity contribution in [2.45, 2.75) is 38.5 Å². The van der Waals surface area contributed by atoms with Crippen molar-refractivity contribution < 1.29 is 26.0 Å². The number of aromatic nitrogens is 4. The quantitative estimate of drug-likeness (QED) is 0.105. The van der Waals surface area contributed by atoms with Crippen LogP contribution in [0.1, 0.15) is 31.2 Å². The average Bonchev–Trinajstić information content (AvgIpc) is 3.40. The maximum Gasteiger partial charge on any atom is 0.225 e. The normalized spacial score (nSPS) is 13.0. The third kappa shape index (κ3) is 8.11. The van der Waals surface area contributed by atoms with Gasteiger partial charge in [-0.25, -0.2) is 35.9 Å². The number of anilines is 2. The highest BCUT2D eigenvalue weighted by Gasteiger charge is 2.23. The Bertz CT molecular complexity index is 1870. The first-order chi connectivity index (χ1) is 21.3. The number of sulfone groups is 1. The number of rotatable bonds is 14. The van der Waals surface area contributed by atoms with Gasteiger partial charge in [0.1, 0.15) is 39.6 Å². The van der Waals surface area contributed by atoms with Crippen molar-refractivity contribution in [2.24, 2.45) is 5.92 Å². The SMILES string of the molecule is C=C/C(F)=C(/CNc1nc(C)c(-c2nc3c(C)nccc3s2)c(NCCC(CC)CS(=O)(=O)c2cc(F)cc(F)c2)n1)C(=C)F. The summed E-state index contributed by atoms with van der Waals surface area (Å²) in [5.41, 5.74) is 2.27. The number of hydrogen-bond donors (Lipinski definition) is 2. The van der Waals surface area contributed by atoms with E-state index in [-0.39, 0.29) is 36.3 Å². The fraction of sp³-hybridized carbons (Fsp3) is 0.290. The second-order valence-corrected chi connectivity index (χ2v) is 13.3. The van der Waals surface area contributed by atoms with E-state index in [1.807, 2.05) is 19.9 Å². The molecule has 0 fully saturated rings. The van der Waals surface area contributed by atoms with E-state index >= 15 is 0 Å². The molecule has 0 spiro atoms. The van der Waals surface area contributed by atoms with Crippen LogP contribution >= 0.6 is 11.3 Å². The van der Waals surface area contributed by atoms with Crippen molar-refractivity contribution in [1.82, 2.24) is 19.9 Å². The molecule has 0 saturated carbocycles. The van der Waals surface area contributed by atoms with E-state index in [1.54, 1.807) is 13.1 Å². The van der Waals surface area contributed by atoms with Crippen molar-refractivity contribution in [3.63, 3.8) is 0 Å². The van der Waals surface area contributed by atoms with E-state index in [1.165, 1.54) is 11.3 Å². The molecular weight excluding hydrogens is 629 g/mol. The molecule has 1 atom stereocenters. The molecule has 0 bridgehead atoms. The van der Waals surface area contributed by atoms with Crippen molar-refractivity contribution in [3.05, 3.63) is 89.9 Å². The number of pyridine rings is 1. The van der Waals surface area contributed by atoms with Crippen molar-refractivity contribution in [3.8, 4) is 10.6 Å². The molecule has 14 heteroatoms. The highest BCUT2D eigenvalue weighted by Crippen LogP contribution is 2.37. The van der Waals surface area contributed by atoms with Crippen molar-refractivity contribution in [1.29, 1.82) is 0 Å². The van der Waals surface area contributed by atoms with E-state index in [0.29, 0.717) is 41.0 Å². The van der Waals surface area contributed by atoms with Gasteiger partial charge in [-0.15, -0.1) is 11.3 Å². The number of nitrogens with zero attached hydrogens (tertiary/aromatic N) is 4. The summed E-state index contributed by atoms with van der Waals surface area (Å²) in [7, 11) is -3.96. The van der Waals surface area contributed by atoms with E-state index in [9.17, 15) is 26.0 Å². The molecule has 0 aliphatic rings. The Hall–Kier alpha value is -4.17. The van der Waals surface area contributed by atoms with Gasteiger partial charge in [0.2, 0.25) is 5.95 Å². The van der Waals surface area contributed by atoms with Gasteiger partial charge in [0, 0.05) is 30.9 Å². The van der Waals surface area contributed by atoms with Crippen LogP contribution < -0.4 is 10.6 Å². The van der Waals surface area contributed by atoms with Gasteiger partial charge in [-0.1, -0.05) is 26.5 Å². The molecule has 0 aliphatic carbocycles. The fourth-order valence-corrected chi connectivity index (χ4v) is 7.55. The predicted octanol–water partition coefficient (Wildman–Crippen LogP) is 7.65. The van der Waals surface area contributed by atoms with Crippen molar-refractivity contribution >= 4 is 43.2 Å². The highest BCUT2D eigenvalue weighted by molar-refractivity contribution is 7.91. The summed E-state index contributed by atoms with van der Waals surface area (Å²) in [4.78, 5) is 17.7. The third-order valence-corrected chi connectivity index (χ3v) is 9.99. The lowest BCUT2D eigenvalue weighted by atomic mass is 10.1. The summed E-state index contributed by atoms with van der Waals surface area (Å²) in [6.07, 6.45) is 3.44. The lowest BCUT2D eigenvalue weighted by molar-refractivity contribution is 0.513. The minimum Gasteiger partial charge on any atom is -0.369 e. The molecule has 0 radical (unpaired) electrons. The molecule has 0 aliphatic heterocycles. The second kappa shape index (κ2) is 14.3. The van der Waals surface area contributed by atoms with Crippen molar-refractivity contribution in [2.75, 3.05) is 29.5 Å². The van der Waals surface area contributed by atoms with Crippen LogP contribution in [0.5, 0.6) is 0 Å².